The zero-order chi connectivity index (χ0) is 12.4. The fraction of sp³-hybridized carbons (Fsp3) is 0.500. The molecule has 1 amide bonds. The van der Waals surface area contributed by atoms with Gasteiger partial charge in [-0.25, -0.2) is 0 Å². The summed E-state index contributed by atoms with van der Waals surface area (Å²) < 4.78 is 0. The maximum absolute atomic E-state index is 12.4. The molecule has 17 heavy (non-hydrogen) atoms. The first kappa shape index (κ1) is 12.0. The van der Waals surface area contributed by atoms with Crippen molar-refractivity contribution in [2.75, 3.05) is 18.8 Å². The van der Waals surface area contributed by atoms with E-state index in [1.54, 1.807) is 0 Å². The number of nitrogens with two attached hydrogens (primary N) is 1. The minimum absolute atomic E-state index is 0.101. The molecule has 0 bridgehead atoms. The predicted octanol–water partition coefficient (Wildman–Crippen LogP) is 2.31. The van der Waals surface area contributed by atoms with Crippen molar-refractivity contribution in [3.05, 3.63) is 29.3 Å². The lowest BCUT2D eigenvalue weighted by Gasteiger charge is -2.23. The van der Waals surface area contributed by atoms with Crippen LogP contribution in [-0.2, 0) is 6.42 Å². The molecule has 0 fully saturated rings. The molecule has 92 valence electrons. The SMILES string of the molecule is CC(C)CN1CCCc2cccc(N)c2C1=O. The molecule has 0 spiro atoms. The van der Waals surface area contributed by atoms with E-state index in [-0.39, 0.29) is 5.91 Å². The fourth-order valence-electron chi connectivity index (χ4n) is 2.42. The summed E-state index contributed by atoms with van der Waals surface area (Å²) in [4.78, 5) is 14.4. The van der Waals surface area contributed by atoms with Gasteiger partial charge in [-0.2, -0.15) is 0 Å². The third kappa shape index (κ3) is 2.43. The number of carbonyl (C=O) groups excluding carboxylic acids is 1. The third-order valence-corrected chi connectivity index (χ3v) is 3.14. The molecule has 0 aliphatic carbocycles. The van der Waals surface area contributed by atoms with Gasteiger partial charge in [-0.05, 0) is 30.4 Å². The number of hydrogen-bond donors (Lipinski definition) is 1. The minimum atomic E-state index is 0.101. The second kappa shape index (κ2) is 4.78. The van der Waals surface area contributed by atoms with Gasteiger partial charge in [0.15, 0.2) is 0 Å². The number of anilines is 1. The Hall–Kier alpha value is -1.51. The molecule has 3 heteroatoms. The van der Waals surface area contributed by atoms with Crippen LogP contribution in [0.5, 0.6) is 0 Å². The van der Waals surface area contributed by atoms with E-state index in [0.717, 1.165) is 37.1 Å². The van der Waals surface area contributed by atoms with E-state index in [9.17, 15) is 4.79 Å². The van der Waals surface area contributed by atoms with E-state index in [2.05, 4.69) is 13.8 Å². The second-order valence-electron chi connectivity index (χ2n) is 5.13. The molecule has 1 aromatic rings. The van der Waals surface area contributed by atoms with Gasteiger partial charge >= 0.3 is 0 Å². The van der Waals surface area contributed by atoms with Crippen molar-refractivity contribution in [2.24, 2.45) is 5.92 Å². The van der Waals surface area contributed by atoms with Crippen LogP contribution in [0.15, 0.2) is 18.2 Å². The number of aryl methyl sites for hydroxylation is 1. The van der Waals surface area contributed by atoms with Gasteiger partial charge in [0.2, 0.25) is 0 Å². The lowest BCUT2D eigenvalue weighted by atomic mass is 10.0. The van der Waals surface area contributed by atoms with Crippen LogP contribution in [0, 0.1) is 5.92 Å². The zero-order valence-corrected chi connectivity index (χ0v) is 10.6. The van der Waals surface area contributed by atoms with E-state index in [1.807, 2.05) is 23.1 Å². The molecule has 0 atom stereocenters. The van der Waals surface area contributed by atoms with Crippen LogP contribution in [0.1, 0.15) is 36.2 Å². The van der Waals surface area contributed by atoms with Gasteiger partial charge in [-0.1, -0.05) is 26.0 Å². The molecule has 0 saturated heterocycles. The third-order valence-electron chi connectivity index (χ3n) is 3.14. The first-order valence-electron chi connectivity index (χ1n) is 6.26. The Bertz CT molecular complexity index is 426. The molecule has 2 rings (SSSR count). The number of nitrogens with zero attached hydrogens (tertiary/aromatic N) is 1. The van der Waals surface area contributed by atoms with Crippen molar-refractivity contribution in [3.8, 4) is 0 Å². The Kier molecular flexibility index (Phi) is 3.36. The smallest absolute Gasteiger partial charge is 0.256 e. The summed E-state index contributed by atoms with van der Waals surface area (Å²) in [5.41, 5.74) is 8.39. The van der Waals surface area contributed by atoms with Gasteiger partial charge in [0, 0.05) is 18.8 Å². The summed E-state index contributed by atoms with van der Waals surface area (Å²) in [6.07, 6.45) is 1.97. The summed E-state index contributed by atoms with van der Waals surface area (Å²) in [5.74, 6) is 0.592. The van der Waals surface area contributed by atoms with E-state index < -0.39 is 0 Å². The lowest BCUT2D eigenvalue weighted by Crippen LogP contribution is -2.34. The number of amides is 1. The highest BCUT2D eigenvalue weighted by molar-refractivity contribution is 6.00. The summed E-state index contributed by atoms with van der Waals surface area (Å²) in [6.45, 7) is 5.92. The summed E-state index contributed by atoms with van der Waals surface area (Å²) in [5, 5.41) is 0. The normalized spacial score (nSPS) is 15.9. The van der Waals surface area contributed by atoms with Crippen LogP contribution < -0.4 is 5.73 Å². The van der Waals surface area contributed by atoms with Crippen LogP contribution in [0.2, 0.25) is 0 Å². The van der Waals surface area contributed by atoms with Crippen molar-refractivity contribution in [1.29, 1.82) is 0 Å². The molecule has 1 heterocycles. The number of fused-ring (bicyclic) bond motifs is 1. The molecular formula is C14H20N2O. The Morgan fingerprint density at radius 3 is 2.88 bits per heavy atom. The molecule has 1 aliphatic heterocycles. The molecular weight excluding hydrogens is 212 g/mol. The Labute approximate surface area is 103 Å². The Morgan fingerprint density at radius 2 is 2.18 bits per heavy atom. The van der Waals surface area contributed by atoms with E-state index in [0.29, 0.717) is 11.6 Å². The van der Waals surface area contributed by atoms with Gasteiger partial charge < -0.3 is 10.6 Å². The highest BCUT2D eigenvalue weighted by Crippen LogP contribution is 2.24. The van der Waals surface area contributed by atoms with Crippen LogP contribution >= 0.6 is 0 Å². The highest BCUT2D eigenvalue weighted by Gasteiger charge is 2.24. The van der Waals surface area contributed by atoms with Crippen molar-refractivity contribution < 1.29 is 4.79 Å². The van der Waals surface area contributed by atoms with Crippen LogP contribution in [0.25, 0.3) is 0 Å². The summed E-state index contributed by atoms with van der Waals surface area (Å²) in [7, 11) is 0. The molecule has 1 aromatic carbocycles. The van der Waals surface area contributed by atoms with Crippen molar-refractivity contribution in [2.45, 2.75) is 26.7 Å². The largest absolute Gasteiger partial charge is 0.398 e. The van der Waals surface area contributed by atoms with Gasteiger partial charge in [0.1, 0.15) is 0 Å². The average molecular weight is 232 g/mol. The Balaban J connectivity index is 2.35. The number of rotatable bonds is 2. The average Bonchev–Trinajstić information content (AvgIpc) is 2.40. The lowest BCUT2D eigenvalue weighted by molar-refractivity contribution is 0.0743. The molecule has 0 radical (unpaired) electrons. The summed E-state index contributed by atoms with van der Waals surface area (Å²) >= 11 is 0. The van der Waals surface area contributed by atoms with Gasteiger partial charge in [-0.15, -0.1) is 0 Å². The highest BCUT2D eigenvalue weighted by atomic mass is 16.2. The van der Waals surface area contributed by atoms with E-state index in [4.69, 9.17) is 5.73 Å². The van der Waals surface area contributed by atoms with Crippen molar-refractivity contribution in [3.63, 3.8) is 0 Å². The molecule has 0 unspecified atom stereocenters. The zero-order valence-electron chi connectivity index (χ0n) is 10.6. The van der Waals surface area contributed by atoms with Crippen LogP contribution in [0.3, 0.4) is 0 Å². The molecule has 1 aliphatic rings. The maximum Gasteiger partial charge on any atom is 0.256 e. The molecule has 2 N–H and O–H groups in total. The Morgan fingerprint density at radius 1 is 1.41 bits per heavy atom. The van der Waals surface area contributed by atoms with Crippen LogP contribution in [-0.4, -0.2) is 23.9 Å². The van der Waals surface area contributed by atoms with Gasteiger partial charge in [-0.3, -0.25) is 4.79 Å². The number of nitrogen functional groups attached to an aromatic ring is 1. The van der Waals surface area contributed by atoms with Crippen LogP contribution in [0.4, 0.5) is 5.69 Å². The molecule has 3 nitrogen and oxygen atoms in total. The standard InChI is InChI=1S/C14H20N2O/c1-10(2)9-16-8-4-6-11-5-3-7-12(15)13(11)14(16)17/h3,5,7,10H,4,6,8-9,15H2,1-2H3. The van der Waals surface area contributed by atoms with Gasteiger partial charge in [0.25, 0.3) is 5.91 Å². The second-order valence-corrected chi connectivity index (χ2v) is 5.13. The van der Waals surface area contributed by atoms with Gasteiger partial charge in [0.05, 0.1) is 5.56 Å². The van der Waals surface area contributed by atoms with E-state index >= 15 is 0 Å². The van der Waals surface area contributed by atoms with Crippen molar-refractivity contribution >= 4 is 11.6 Å². The first-order valence-corrected chi connectivity index (χ1v) is 6.26. The number of benzene rings is 1. The first-order chi connectivity index (χ1) is 8.09. The van der Waals surface area contributed by atoms with Crippen molar-refractivity contribution in [1.82, 2.24) is 4.90 Å². The molecule has 0 saturated carbocycles. The topological polar surface area (TPSA) is 46.3 Å². The van der Waals surface area contributed by atoms with E-state index in [1.165, 1.54) is 0 Å². The monoisotopic (exact) mass is 232 g/mol. The maximum atomic E-state index is 12.4. The predicted molar refractivity (Wildman–Crippen MR) is 69.9 cm³/mol. The number of carbonyl (C=O) groups is 1. The minimum Gasteiger partial charge on any atom is -0.398 e. The molecule has 0 aromatic heterocycles. The number of hydrogen-bond acceptors (Lipinski definition) is 2. The quantitative estimate of drug-likeness (QED) is 0.795. The fourth-order valence-corrected chi connectivity index (χ4v) is 2.42. The summed E-state index contributed by atoms with van der Waals surface area (Å²) in [6, 6.07) is 5.76.